The van der Waals surface area contributed by atoms with Crippen molar-refractivity contribution in [1.82, 2.24) is 10.4 Å². The summed E-state index contributed by atoms with van der Waals surface area (Å²) in [6, 6.07) is 13.6. The minimum Gasteiger partial charge on any atom is -0.313 e. The van der Waals surface area contributed by atoms with Crippen molar-refractivity contribution in [2.75, 3.05) is 19.4 Å². The van der Waals surface area contributed by atoms with Gasteiger partial charge in [0.25, 0.3) is 11.8 Å². The van der Waals surface area contributed by atoms with Crippen LogP contribution in [0.3, 0.4) is 0 Å². The van der Waals surface area contributed by atoms with Gasteiger partial charge in [0.15, 0.2) is 0 Å². The number of hydrogen-bond acceptors (Lipinski definition) is 4. The summed E-state index contributed by atoms with van der Waals surface area (Å²) >= 11 is 1.55. The minimum absolute atomic E-state index is 0.164. The Morgan fingerprint density at radius 2 is 1.69 bits per heavy atom. The van der Waals surface area contributed by atoms with Gasteiger partial charge in [0.1, 0.15) is 5.00 Å². The molecule has 3 aromatic rings. The molecule has 0 saturated carbocycles. The lowest BCUT2D eigenvalue weighted by atomic mass is 10.0. The first-order valence-corrected chi connectivity index (χ1v) is 10.8. The summed E-state index contributed by atoms with van der Waals surface area (Å²) in [6.07, 6.45) is 5.22. The molecule has 0 spiro atoms. The number of nitrogens with one attached hydrogen (secondary N) is 2. The number of hydrogen-bond donors (Lipinski definition) is 2. The fourth-order valence-electron chi connectivity index (χ4n) is 3.92. The van der Waals surface area contributed by atoms with Gasteiger partial charge >= 0.3 is 0 Å². The molecule has 2 amide bonds. The van der Waals surface area contributed by atoms with Gasteiger partial charge in [0.2, 0.25) is 0 Å². The third-order valence-electron chi connectivity index (χ3n) is 5.23. The molecule has 150 valence electrons. The molecule has 0 bridgehead atoms. The standard InChI is InChI=1S/C23H25N3O2S/c1-26(2)25-22(28)20-18-12-4-3-5-14-19(18)29-23(20)24-21(27)17-13-8-10-15-9-6-7-11-16(15)17/h6-11,13H,3-5,12,14H2,1-2H3,(H,24,27)(H,25,28). The number of amides is 2. The number of rotatable bonds is 4. The third-order valence-corrected chi connectivity index (χ3v) is 6.44. The van der Waals surface area contributed by atoms with Gasteiger partial charge in [0, 0.05) is 24.5 Å². The highest BCUT2D eigenvalue weighted by atomic mass is 32.1. The molecule has 2 N–H and O–H groups in total. The van der Waals surface area contributed by atoms with E-state index in [9.17, 15) is 9.59 Å². The normalized spacial score (nSPS) is 13.8. The highest BCUT2D eigenvalue weighted by Gasteiger charge is 2.26. The maximum Gasteiger partial charge on any atom is 0.268 e. The van der Waals surface area contributed by atoms with Crippen molar-refractivity contribution in [3.63, 3.8) is 0 Å². The molecular weight excluding hydrogens is 382 g/mol. The van der Waals surface area contributed by atoms with Crippen LogP contribution in [0.4, 0.5) is 5.00 Å². The van der Waals surface area contributed by atoms with E-state index >= 15 is 0 Å². The molecule has 0 atom stereocenters. The molecule has 0 unspecified atom stereocenters. The van der Waals surface area contributed by atoms with Crippen molar-refractivity contribution in [3.8, 4) is 0 Å². The number of fused-ring (bicyclic) bond motifs is 2. The largest absolute Gasteiger partial charge is 0.313 e. The zero-order chi connectivity index (χ0) is 20.4. The summed E-state index contributed by atoms with van der Waals surface area (Å²) in [4.78, 5) is 27.3. The molecule has 0 aliphatic heterocycles. The second-order valence-electron chi connectivity index (χ2n) is 7.58. The fourth-order valence-corrected chi connectivity index (χ4v) is 5.21. The average Bonchev–Trinajstić information content (AvgIpc) is 2.87. The summed E-state index contributed by atoms with van der Waals surface area (Å²) < 4.78 is 0. The number of nitrogens with zero attached hydrogens (tertiary/aromatic N) is 1. The van der Waals surface area contributed by atoms with Gasteiger partial charge in [-0.05, 0) is 48.1 Å². The Hall–Kier alpha value is -2.70. The Balaban J connectivity index is 1.72. The zero-order valence-corrected chi connectivity index (χ0v) is 17.6. The second kappa shape index (κ2) is 8.35. The van der Waals surface area contributed by atoms with Crippen molar-refractivity contribution in [1.29, 1.82) is 0 Å². The fraction of sp³-hybridized carbons (Fsp3) is 0.304. The van der Waals surface area contributed by atoms with Crippen LogP contribution >= 0.6 is 11.3 Å². The molecule has 1 heterocycles. The van der Waals surface area contributed by atoms with Gasteiger partial charge in [-0.25, -0.2) is 5.01 Å². The smallest absolute Gasteiger partial charge is 0.268 e. The Morgan fingerprint density at radius 3 is 2.52 bits per heavy atom. The van der Waals surface area contributed by atoms with Gasteiger partial charge in [-0.2, -0.15) is 0 Å². The highest BCUT2D eigenvalue weighted by Crippen LogP contribution is 2.38. The minimum atomic E-state index is -0.183. The SMILES string of the molecule is CN(C)NC(=O)c1c(NC(=O)c2cccc3ccccc23)sc2c1CCCCC2. The summed E-state index contributed by atoms with van der Waals surface area (Å²) in [5.74, 6) is -0.347. The van der Waals surface area contributed by atoms with Crippen LogP contribution in [0, 0.1) is 0 Å². The van der Waals surface area contributed by atoms with E-state index in [0.29, 0.717) is 16.1 Å². The molecule has 1 aliphatic carbocycles. The summed E-state index contributed by atoms with van der Waals surface area (Å²) in [5.41, 5.74) is 5.18. The average molecular weight is 408 g/mol. The number of aryl methyl sites for hydroxylation is 1. The Morgan fingerprint density at radius 1 is 0.931 bits per heavy atom. The quantitative estimate of drug-likeness (QED) is 0.490. The van der Waals surface area contributed by atoms with Crippen LogP contribution in [-0.2, 0) is 12.8 Å². The van der Waals surface area contributed by atoms with Crippen LogP contribution < -0.4 is 10.7 Å². The van der Waals surface area contributed by atoms with E-state index in [1.165, 1.54) is 11.3 Å². The molecular formula is C23H25N3O2S. The maximum absolute atomic E-state index is 13.2. The Labute approximate surface area is 174 Å². The highest BCUT2D eigenvalue weighted by molar-refractivity contribution is 7.17. The first-order valence-electron chi connectivity index (χ1n) is 9.96. The lowest BCUT2D eigenvalue weighted by Crippen LogP contribution is -2.36. The molecule has 1 aliphatic rings. The molecule has 5 nitrogen and oxygen atoms in total. The molecule has 6 heteroatoms. The van der Waals surface area contributed by atoms with Crippen molar-refractivity contribution in [2.24, 2.45) is 0 Å². The van der Waals surface area contributed by atoms with Crippen LogP contribution in [0.2, 0.25) is 0 Å². The lowest BCUT2D eigenvalue weighted by molar-refractivity contribution is 0.0857. The summed E-state index contributed by atoms with van der Waals surface area (Å²) in [7, 11) is 3.58. The van der Waals surface area contributed by atoms with E-state index in [1.807, 2.05) is 42.5 Å². The van der Waals surface area contributed by atoms with Crippen LogP contribution in [0.25, 0.3) is 10.8 Å². The predicted octanol–water partition coefficient (Wildman–Crippen LogP) is 4.63. The third kappa shape index (κ3) is 4.04. The molecule has 0 radical (unpaired) electrons. The predicted molar refractivity (Wildman–Crippen MR) is 119 cm³/mol. The van der Waals surface area contributed by atoms with Crippen molar-refractivity contribution >= 4 is 38.9 Å². The molecule has 2 aromatic carbocycles. The van der Waals surface area contributed by atoms with E-state index < -0.39 is 0 Å². The van der Waals surface area contributed by atoms with Gasteiger partial charge < -0.3 is 5.32 Å². The number of hydrazine groups is 1. The monoisotopic (exact) mass is 407 g/mol. The van der Waals surface area contributed by atoms with Crippen LogP contribution in [0.5, 0.6) is 0 Å². The van der Waals surface area contributed by atoms with E-state index in [2.05, 4.69) is 10.7 Å². The van der Waals surface area contributed by atoms with Crippen LogP contribution in [-0.4, -0.2) is 30.9 Å². The Kier molecular flexibility index (Phi) is 5.65. The van der Waals surface area contributed by atoms with E-state index in [-0.39, 0.29) is 11.8 Å². The second-order valence-corrected chi connectivity index (χ2v) is 8.69. The molecule has 1 aromatic heterocycles. The van der Waals surface area contributed by atoms with Crippen molar-refractivity contribution in [3.05, 3.63) is 64.0 Å². The number of anilines is 1. The first kappa shape index (κ1) is 19.6. The first-order chi connectivity index (χ1) is 14.0. The molecule has 4 rings (SSSR count). The maximum atomic E-state index is 13.2. The lowest BCUT2D eigenvalue weighted by Gasteiger charge is -2.14. The van der Waals surface area contributed by atoms with Gasteiger partial charge in [-0.1, -0.05) is 42.8 Å². The molecule has 29 heavy (non-hydrogen) atoms. The zero-order valence-electron chi connectivity index (χ0n) is 16.7. The number of thiophene rings is 1. The van der Waals surface area contributed by atoms with Crippen LogP contribution in [0.15, 0.2) is 42.5 Å². The van der Waals surface area contributed by atoms with Crippen molar-refractivity contribution < 1.29 is 9.59 Å². The summed E-state index contributed by atoms with van der Waals surface area (Å²) in [5, 5.41) is 7.26. The molecule has 0 saturated heterocycles. The van der Waals surface area contributed by atoms with Gasteiger partial charge in [-0.3, -0.25) is 15.0 Å². The van der Waals surface area contributed by atoms with Gasteiger partial charge in [0.05, 0.1) is 5.56 Å². The van der Waals surface area contributed by atoms with Crippen molar-refractivity contribution in [2.45, 2.75) is 32.1 Å². The number of carbonyl (C=O) groups is 2. The Bertz CT molecular complexity index is 1070. The van der Waals surface area contributed by atoms with Gasteiger partial charge in [-0.15, -0.1) is 11.3 Å². The molecule has 0 fully saturated rings. The topological polar surface area (TPSA) is 61.4 Å². The van der Waals surface area contributed by atoms with Crippen LogP contribution in [0.1, 0.15) is 50.4 Å². The number of benzene rings is 2. The summed E-state index contributed by atoms with van der Waals surface area (Å²) in [6.45, 7) is 0. The van der Waals surface area contributed by atoms with E-state index in [0.717, 1.165) is 42.0 Å². The van der Waals surface area contributed by atoms with E-state index in [1.54, 1.807) is 30.4 Å². The number of carbonyl (C=O) groups excluding carboxylic acids is 2. The van der Waals surface area contributed by atoms with E-state index in [4.69, 9.17) is 0 Å².